The highest BCUT2D eigenvalue weighted by atomic mass is 16.7. The normalized spacial score (nSPS) is 13.0. The fourth-order valence-corrected chi connectivity index (χ4v) is 1.53. The summed E-state index contributed by atoms with van der Waals surface area (Å²) in [5.41, 5.74) is 0. The van der Waals surface area contributed by atoms with E-state index in [9.17, 15) is 4.79 Å². The molecule has 0 fully saturated rings. The molecule has 0 bridgehead atoms. The molecular formula is C13H21N3O4. The second-order valence-electron chi connectivity index (χ2n) is 3.73. The van der Waals surface area contributed by atoms with E-state index in [4.69, 9.17) is 14.2 Å². The summed E-state index contributed by atoms with van der Waals surface area (Å²) in [6.45, 7) is 6.49. The highest BCUT2D eigenvalue weighted by molar-refractivity contribution is 5.81. The van der Waals surface area contributed by atoms with Gasteiger partial charge < -0.3 is 19.2 Å². The van der Waals surface area contributed by atoms with Crippen molar-refractivity contribution in [2.45, 2.75) is 33.1 Å². The monoisotopic (exact) mass is 283 g/mol. The molecule has 20 heavy (non-hydrogen) atoms. The molecule has 0 aliphatic rings. The number of carbonyl (C=O) groups excluding carboxylic acids is 1. The summed E-state index contributed by atoms with van der Waals surface area (Å²) >= 11 is 0. The number of nitrogens with one attached hydrogen (secondary N) is 1. The molecule has 0 amide bonds. The lowest BCUT2D eigenvalue weighted by Gasteiger charge is -2.22. The van der Waals surface area contributed by atoms with Crippen LogP contribution in [0.4, 0.5) is 0 Å². The van der Waals surface area contributed by atoms with Crippen molar-refractivity contribution in [1.29, 1.82) is 0 Å². The van der Waals surface area contributed by atoms with Crippen molar-refractivity contribution in [1.82, 2.24) is 9.97 Å². The average molecular weight is 283 g/mol. The number of hydrogen-bond acceptors (Lipinski definition) is 6. The summed E-state index contributed by atoms with van der Waals surface area (Å²) in [5, 5.41) is 0. The molecule has 0 spiro atoms. The number of nitrogens with zero attached hydrogens (tertiary/aromatic N) is 2. The zero-order valence-electron chi connectivity index (χ0n) is 12.0. The van der Waals surface area contributed by atoms with Crippen LogP contribution in [0.25, 0.3) is 0 Å². The van der Waals surface area contributed by atoms with Gasteiger partial charge >= 0.3 is 5.97 Å². The number of aromatic amines is 1. The number of H-pyrrole nitrogens is 1. The number of aliphatic imine (C=N–C) groups is 1. The summed E-state index contributed by atoms with van der Waals surface area (Å²) in [6.07, 6.45) is 3.97. The lowest BCUT2D eigenvalue weighted by atomic mass is 10.3. The predicted molar refractivity (Wildman–Crippen MR) is 73.6 cm³/mol. The van der Waals surface area contributed by atoms with Gasteiger partial charge in [-0.2, -0.15) is 0 Å². The van der Waals surface area contributed by atoms with Gasteiger partial charge in [-0.25, -0.2) is 9.78 Å². The maximum absolute atomic E-state index is 12.0. The first-order chi connectivity index (χ1) is 9.72. The van der Waals surface area contributed by atoms with E-state index in [-0.39, 0.29) is 6.61 Å². The molecule has 112 valence electrons. The molecule has 7 nitrogen and oxygen atoms in total. The Morgan fingerprint density at radius 1 is 1.35 bits per heavy atom. The molecule has 0 aliphatic carbocycles. The van der Waals surface area contributed by atoms with E-state index < -0.39 is 18.3 Å². The smallest absolute Gasteiger partial charge is 0.336 e. The van der Waals surface area contributed by atoms with Crippen LogP contribution in [0.1, 0.15) is 26.6 Å². The van der Waals surface area contributed by atoms with Crippen LogP contribution in [-0.2, 0) is 19.0 Å². The molecule has 0 aromatic carbocycles. The second-order valence-corrected chi connectivity index (χ2v) is 3.73. The van der Waals surface area contributed by atoms with E-state index in [1.54, 1.807) is 19.3 Å². The quantitative estimate of drug-likeness (QED) is 0.417. The van der Waals surface area contributed by atoms with Crippen LogP contribution in [0.5, 0.6) is 0 Å². The molecular weight excluding hydrogens is 262 g/mol. The largest absolute Gasteiger partial charge is 0.464 e. The first-order valence-electron chi connectivity index (χ1n) is 6.65. The summed E-state index contributed by atoms with van der Waals surface area (Å²) in [7, 11) is 0. The maximum Gasteiger partial charge on any atom is 0.336 e. The van der Waals surface area contributed by atoms with Gasteiger partial charge in [0.15, 0.2) is 12.3 Å². The molecule has 1 heterocycles. The first-order valence-corrected chi connectivity index (χ1v) is 6.65. The molecule has 0 aliphatic heterocycles. The Balaban J connectivity index is 2.84. The third-order valence-corrected chi connectivity index (χ3v) is 2.32. The van der Waals surface area contributed by atoms with Crippen molar-refractivity contribution in [3.8, 4) is 0 Å². The highest BCUT2D eigenvalue weighted by Crippen LogP contribution is 2.09. The fraction of sp³-hybridized carbons (Fsp3) is 0.615. The van der Waals surface area contributed by atoms with E-state index in [0.29, 0.717) is 19.0 Å². The minimum absolute atomic E-state index is 0.274. The molecule has 1 aromatic heterocycles. The van der Waals surface area contributed by atoms with Crippen LogP contribution < -0.4 is 0 Å². The molecule has 0 saturated carbocycles. The van der Waals surface area contributed by atoms with Gasteiger partial charge in [-0.05, 0) is 20.8 Å². The maximum atomic E-state index is 12.0. The summed E-state index contributed by atoms with van der Waals surface area (Å²) in [4.78, 5) is 23.0. The van der Waals surface area contributed by atoms with Crippen molar-refractivity contribution < 1.29 is 19.0 Å². The van der Waals surface area contributed by atoms with E-state index >= 15 is 0 Å². The Morgan fingerprint density at radius 2 is 2.05 bits per heavy atom. The van der Waals surface area contributed by atoms with Gasteiger partial charge in [-0.1, -0.05) is 0 Å². The molecule has 1 aromatic rings. The molecule has 0 saturated heterocycles. The van der Waals surface area contributed by atoms with E-state index in [1.165, 1.54) is 6.21 Å². The third kappa shape index (κ3) is 5.10. The van der Waals surface area contributed by atoms with Gasteiger partial charge in [0.2, 0.25) is 0 Å². The number of rotatable bonds is 9. The van der Waals surface area contributed by atoms with Crippen LogP contribution >= 0.6 is 0 Å². The van der Waals surface area contributed by atoms with Crippen molar-refractivity contribution in [2.24, 2.45) is 4.99 Å². The summed E-state index contributed by atoms with van der Waals surface area (Å²) < 4.78 is 15.8. The Labute approximate surface area is 118 Å². The van der Waals surface area contributed by atoms with Crippen LogP contribution in [-0.4, -0.2) is 54.3 Å². The minimum Gasteiger partial charge on any atom is -0.464 e. The molecule has 1 rings (SSSR count). The fourth-order valence-electron chi connectivity index (χ4n) is 1.53. The molecule has 0 radical (unpaired) electrons. The van der Waals surface area contributed by atoms with Crippen molar-refractivity contribution in [3.05, 3.63) is 18.2 Å². The van der Waals surface area contributed by atoms with Gasteiger partial charge in [0, 0.05) is 25.6 Å². The van der Waals surface area contributed by atoms with Gasteiger partial charge in [0.1, 0.15) is 5.82 Å². The van der Waals surface area contributed by atoms with Crippen LogP contribution in [0, 0.1) is 0 Å². The highest BCUT2D eigenvalue weighted by Gasteiger charge is 2.30. The van der Waals surface area contributed by atoms with Gasteiger partial charge in [-0.3, -0.25) is 4.99 Å². The number of ether oxygens (including phenoxy) is 3. The first kappa shape index (κ1) is 16.3. The van der Waals surface area contributed by atoms with Crippen LogP contribution in [0.15, 0.2) is 17.4 Å². The van der Waals surface area contributed by atoms with Gasteiger partial charge in [0.05, 0.1) is 12.8 Å². The van der Waals surface area contributed by atoms with Gasteiger partial charge in [-0.15, -0.1) is 0 Å². The van der Waals surface area contributed by atoms with E-state index in [2.05, 4.69) is 15.0 Å². The van der Waals surface area contributed by atoms with Crippen LogP contribution in [0.3, 0.4) is 0 Å². The lowest BCUT2D eigenvalue weighted by Crippen LogP contribution is -2.38. The Hall–Kier alpha value is -1.73. The number of esters is 1. The Morgan fingerprint density at radius 3 is 2.55 bits per heavy atom. The number of hydrogen-bond donors (Lipinski definition) is 1. The second kappa shape index (κ2) is 9.22. The van der Waals surface area contributed by atoms with Crippen molar-refractivity contribution in [2.75, 3.05) is 19.8 Å². The van der Waals surface area contributed by atoms with E-state index in [0.717, 1.165) is 0 Å². The van der Waals surface area contributed by atoms with E-state index in [1.807, 2.05) is 13.8 Å². The summed E-state index contributed by atoms with van der Waals surface area (Å²) in [6, 6.07) is -0.875. The van der Waals surface area contributed by atoms with Crippen molar-refractivity contribution in [3.63, 3.8) is 0 Å². The molecule has 7 heteroatoms. The zero-order chi connectivity index (χ0) is 14.8. The standard InChI is InChI=1S/C13H21N3O4/c1-4-18-12(17)11(13(19-5-2)20-6-3)16-9-10-14-7-8-15-10/h7-9,11,13H,4-6H2,1-3H3,(H,14,15). The lowest BCUT2D eigenvalue weighted by molar-refractivity contribution is -0.174. The third-order valence-electron chi connectivity index (χ3n) is 2.32. The summed E-state index contributed by atoms with van der Waals surface area (Å²) in [5.74, 6) is 0.0632. The number of aromatic nitrogens is 2. The average Bonchev–Trinajstić information content (AvgIpc) is 2.93. The topological polar surface area (TPSA) is 85.8 Å². The van der Waals surface area contributed by atoms with Crippen LogP contribution in [0.2, 0.25) is 0 Å². The predicted octanol–water partition coefficient (Wildman–Crippen LogP) is 1.16. The Kier molecular flexibility index (Phi) is 7.52. The Bertz CT molecular complexity index is 400. The zero-order valence-corrected chi connectivity index (χ0v) is 12.0. The molecule has 1 N–H and O–H groups in total. The number of carbonyl (C=O) groups is 1. The van der Waals surface area contributed by atoms with Gasteiger partial charge in [0.25, 0.3) is 0 Å². The number of imidazole rings is 1. The minimum atomic E-state index is -0.875. The SMILES string of the molecule is CCOC(=O)C(N=Cc1ncc[nH]1)C(OCC)OCC. The van der Waals surface area contributed by atoms with Crippen molar-refractivity contribution >= 4 is 12.2 Å². The molecule has 1 atom stereocenters. The molecule has 1 unspecified atom stereocenters.